The molecule has 53 heavy (non-hydrogen) atoms. The number of amides is 2. The molecule has 0 aromatic heterocycles. The van der Waals surface area contributed by atoms with E-state index in [-0.39, 0.29) is 18.4 Å². The van der Waals surface area contributed by atoms with Crippen molar-refractivity contribution in [2.45, 2.75) is 63.5 Å². The van der Waals surface area contributed by atoms with Gasteiger partial charge in [0.1, 0.15) is 17.9 Å². The summed E-state index contributed by atoms with van der Waals surface area (Å²) in [5.74, 6) is 1.47. The van der Waals surface area contributed by atoms with Gasteiger partial charge in [0.2, 0.25) is 11.7 Å². The molecule has 2 unspecified atom stereocenters. The quantitative estimate of drug-likeness (QED) is 0.160. The number of benzene rings is 3. The lowest BCUT2D eigenvalue weighted by Gasteiger charge is -2.37. The summed E-state index contributed by atoms with van der Waals surface area (Å²) in [6.45, 7) is 2.83. The number of hydrogen-bond acceptors (Lipinski definition) is 11. The van der Waals surface area contributed by atoms with E-state index in [0.717, 1.165) is 18.4 Å². The van der Waals surface area contributed by atoms with Crippen molar-refractivity contribution < 1.29 is 47.5 Å². The summed E-state index contributed by atoms with van der Waals surface area (Å²) >= 11 is 0. The van der Waals surface area contributed by atoms with Crippen molar-refractivity contribution in [2.24, 2.45) is 5.73 Å². The summed E-state index contributed by atoms with van der Waals surface area (Å²) in [5.41, 5.74) is 7.84. The van der Waals surface area contributed by atoms with E-state index in [0.29, 0.717) is 90.9 Å². The summed E-state index contributed by atoms with van der Waals surface area (Å²) < 4.78 is 39.6. The highest BCUT2D eigenvalue weighted by molar-refractivity contribution is 5.89. The van der Waals surface area contributed by atoms with Gasteiger partial charge in [-0.1, -0.05) is 25.1 Å². The van der Waals surface area contributed by atoms with Crippen LogP contribution in [0.3, 0.4) is 0 Å². The van der Waals surface area contributed by atoms with Gasteiger partial charge in [-0.3, -0.25) is 9.59 Å². The van der Waals surface area contributed by atoms with Crippen LogP contribution in [0, 0.1) is 0 Å². The van der Waals surface area contributed by atoms with Crippen LogP contribution in [0.1, 0.15) is 67.7 Å². The average molecular weight is 736 g/mol. The highest BCUT2D eigenvalue weighted by atomic mass is 16.5. The van der Waals surface area contributed by atoms with Crippen molar-refractivity contribution in [3.8, 4) is 34.5 Å². The molecule has 2 amide bonds. The summed E-state index contributed by atoms with van der Waals surface area (Å²) in [5, 5.41) is 2.68. The first-order valence-electron chi connectivity index (χ1n) is 17.9. The zero-order valence-electron chi connectivity index (χ0n) is 31.6. The second-order valence-electron chi connectivity index (χ2n) is 12.6. The predicted molar refractivity (Wildman–Crippen MR) is 199 cm³/mol. The molecule has 3 atom stereocenters. The predicted octanol–water partition coefficient (Wildman–Crippen LogP) is 4.98. The number of aryl methyl sites for hydroxylation is 1. The minimum Gasteiger partial charge on any atom is -0.493 e. The fourth-order valence-corrected chi connectivity index (χ4v) is 6.56. The molecular formula is C40H53N3O10. The van der Waals surface area contributed by atoms with Gasteiger partial charge >= 0.3 is 5.97 Å². The number of nitrogens with one attached hydrogen (secondary N) is 1. The average Bonchev–Trinajstić information content (AvgIpc) is 3.20. The minimum absolute atomic E-state index is 0.173. The zero-order valence-corrected chi connectivity index (χ0v) is 31.6. The molecule has 1 fully saturated rings. The van der Waals surface area contributed by atoms with E-state index in [9.17, 15) is 14.4 Å². The standard InChI is InChI=1S/C40H53N3O10/c1-7-30(28-23-35(49-4)38(51-6)36(24-28)50-5)39(45)43-20-9-8-13-31(43)40(46)53-32(16-14-26-15-17-33(47-2)34(21-26)48-3)27-11-10-12-29(22-27)52-25-37(44)42-19-18-41/h10-12,15,17,21-24,30-32H,7-9,13-14,16,18-20,25,41H2,1-6H3,(H,42,44)/t30?,31-,32?/m0/s1. The topological polar surface area (TPSA) is 157 Å². The van der Waals surface area contributed by atoms with E-state index >= 15 is 0 Å². The van der Waals surface area contributed by atoms with E-state index in [2.05, 4.69) is 5.32 Å². The summed E-state index contributed by atoms with van der Waals surface area (Å²) in [6, 6.07) is 15.6. The minimum atomic E-state index is -0.776. The van der Waals surface area contributed by atoms with Crippen LogP contribution in [0.5, 0.6) is 34.5 Å². The van der Waals surface area contributed by atoms with Gasteiger partial charge in [-0.2, -0.15) is 0 Å². The molecule has 1 aliphatic heterocycles. The molecule has 0 saturated carbocycles. The Morgan fingerprint density at radius 1 is 0.849 bits per heavy atom. The molecule has 1 aliphatic rings. The number of esters is 1. The number of carbonyl (C=O) groups is 3. The van der Waals surface area contributed by atoms with Crippen LogP contribution in [-0.2, 0) is 25.5 Å². The maximum absolute atomic E-state index is 14.3. The lowest BCUT2D eigenvalue weighted by Crippen LogP contribution is -2.50. The van der Waals surface area contributed by atoms with E-state index < -0.39 is 24.0 Å². The van der Waals surface area contributed by atoms with Gasteiger partial charge in [0.05, 0.1) is 41.5 Å². The van der Waals surface area contributed by atoms with Gasteiger partial charge in [0, 0.05) is 19.6 Å². The summed E-state index contributed by atoms with van der Waals surface area (Å²) in [4.78, 5) is 42.4. The number of nitrogens with zero attached hydrogens (tertiary/aromatic N) is 1. The third-order valence-corrected chi connectivity index (χ3v) is 9.32. The van der Waals surface area contributed by atoms with Crippen molar-refractivity contribution in [3.63, 3.8) is 0 Å². The molecular weight excluding hydrogens is 682 g/mol. The molecule has 0 radical (unpaired) electrons. The Balaban J connectivity index is 1.60. The normalized spacial score (nSPS) is 15.1. The highest BCUT2D eigenvalue weighted by Gasteiger charge is 2.38. The van der Waals surface area contributed by atoms with Gasteiger partial charge < -0.3 is 49.1 Å². The lowest BCUT2D eigenvalue weighted by molar-refractivity contribution is -0.162. The molecule has 3 aromatic rings. The van der Waals surface area contributed by atoms with Crippen molar-refractivity contribution in [2.75, 3.05) is 61.8 Å². The number of hydrogen-bond donors (Lipinski definition) is 2. The first kappa shape index (κ1) is 40.6. The van der Waals surface area contributed by atoms with Gasteiger partial charge in [-0.05, 0) is 91.6 Å². The fraction of sp³-hybridized carbons (Fsp3) is 0.475. The monoisotopic (exact) mass is 735 g/mol. The molecule has 288 valence electrons. The van der Waals surface area contributed by atoms with Gasteiger partial charge in [0.15, 0.2) is 29.6 Å². The Labute approximate surface area is 311 Å². The smallest absolute Gasteiger partial charge is 0.329 e. The molecule has 0 aliphatic carbocycles. The first-order valence-corrected chi connectivity index (χ1v) is 17.9. The zero-order chi connectivity index (χ0) is 38.3. The number of carbonyl (C=O) groups excluding carboxylic acids is 3. The number of piperidine rings is 1. The Bertz CT molecular complexity index is 1660. The van der Waals surface area contributed by atoms with E-state index in [1.54, 1.807) is 49.5 Å². The Hall–Kier alpha value is -5.17. The molecule has 0 spiro atoms. The Morgan fingerprint density at radius 2 is 1.57 bits per heavy atom. The highest BCUT2D eigenvalue weighted by Crippen LogP contribution is 2.41. The fourth-order valence-electron chi connectivity index (χ4n) is 6.56. The number of ether oxygens (including phenoxy) is 7. The van der Waals surface area contributed by atoms with E-state index in [1.807, 2.05) is 31.2 Å². The van der Waals surface area contributed by atoms with Crippen LogP contribution < -0.4 is 39.5 Å². The third kappa shape index (κ3) is 10.5. The largest absolute Gasteiger partial charge is 0.493 e. The van der Waals surface area contributed by atoms with Crippen LogP contribution >= 0.6 is 0 Å². The van der Waals surface area contributed by atoms with Crippen molar-refractivity contribution >= 4 is 17.8 Å². The number of nitrogens with two attached hydrogens (primary N) is 1. The molecule has 0 bridgehead atoms. The first-order chi connectivity index (χ1) is 25.7. The van der Waals surface area contributed by atoms with Crippen molar-refractivity contribution in [1.29, 1.82) is 0 Å². The number of rotatable bonds is 19. The number of methoxy groups -OCH3 is 5. The Morgan fingerprint density at radius 3 is 2.21 bits per heavy atom. The SMILES string of the molecule is CCC(C(=O)N1CCCC[C@H]1C(=O)OC(CCc1ccc(OC)c(OC)c1)c1cccc(OCC(=O)NCCN)c1)c1cc(OC)c(OC)c(OC)c1. The maximum atomic E-state index is 14.3. The summed E-state index contributed by atoms with van der Waals surface area (Å²) in [7, 11) is 7.75. The maximum Gasteiger partial charge on any atom is 0.329 e. The van der Waals surface area contributed by atoms with Crippen molar-refractivity contribution in [3.05, 3.63) is 71.3 Å². The molecule has 3 N–H and O–H groups in total. The molecule has 13 heteroatoms. The molecule has 1 heterocycles. The van der Waals surface area contributed by atoms with E-state index in [4.69, 9.17) is 38.9 Å². The molecule has 13 nitrogen and oxygen atoms in total. The lowest BCUT2D eigenvalue weighted by atomic mass is 9.91. The Kier molecular flexibility index (Phi) is 15.5. The third-order valence-electron chi connectivity index (χ3n) is 9.32. The van der Waals surface area contributed by atoms with Crippen LogP contribution in [0.25, 0.3) is 0 Å². The van der Waals surface area contributed by atoms with Crippen LogP contribution in [-0.4, -0.2) is 90.5 Å². The van der Waals surface area contributed by atoms with Gasteiger partial charge in [-0.15, -0.1) is 0 Å². The van der Waals surface area contributed by atoms with Gasteiger partial charge in [0.25, 0.3) is 5.91 Å². The van der Waals surface area contributed by atoms with Crippen molar-refractivity contribution in [1.82, 2.24) is 10.2 Å². The second-order valence-corrected chi connectivity index (χ2v) is 12.6. The number of likely N-dealkylation sites (tertiary alicyclic amines) is 1. The molecule has 3 aromatic carbocycles. The van der Waals surface area contributed by atoms with Crippen LogP contribution in [0.15, 0.2) is 54.6 Å². The van der Waals surface area contributed by atoms with Crippen LogP contribution in [0.4, 0.5) is 0 Å². The molecule has 4 rings (SSSR count). The second kappa shape index (κ2) is 20.2. The molecule has 1 saturated heterocycles. The van der Waals surface area contributed by atoms with Crippen LogP contribution in [0.2, 0.25) is 0 Å². The summed E-state index contributed by atoms with van der Waals surface area (Å²) in [6.07, 6.45) is 2.77. The van der Waals surface area contributed by atoms with E-state index in [1.165, 1.54) is 21.3 Å². The van der Waals surface area contributed by atoms with Gasteiger partial charge in [-0.25, -0.2) is 4.79 Å².